The average molecular weight is 518 g/mol. The van der Waals surface area contributed by atoms with E-state index in [2.05, 4.69) is 15.1 Å². The topological polar surface area (TPSA) is 44.8 Å². The molecule has 0 saturated carbocycles. The van der Waals surface area contributed by atoms with Gasteiger partial charge in [0.2, 0.25) is 0 Å². The molecule has 1 aromatic heterocycles. The summed E-state index contributed by atoms with van der Waals surface area (Å²) >= 11 is 13.3. The van der Waals surface area contributed by atoms with Gasteiger partial charge in [-0.15, -0.1) is 11.3 Å². The monoisotopic (exact) mass is 517 g/mol. The molecule has 0 unspecified atom stereocenters. The van der Waals surface area contributed by atoms with Crippen molar-refractivity contribution in [2.24, 2.45) is 0 Å². The van der Waals surface area contributed by atoms with Crippen LogP contribution in [0, 0.1) is 5.82 Å². The van der Waals surface area contributed by atoms with E-state index in [0.29, 0.717) is 33.9 Å². The Balaban J connectivity index is 1.41. The molecule has 1 saturated heterocycles. The number of halogens is 2. The first-order valence-electron chi connectivity index (χ1n) is 11.0. The third-order valence-corrected chi connectivity index (χ3v) is 7.39. The molecule has 1 aliphatic rings. The van der Waals surface area contributed by atoms with E-state index in [-0.39, 0.29) is 11.8 Å². The van der Waals surface area contributed by atoms with Gasteiger partial charge in [-0.25, -0.2) is 9.18 Å². The van der Waals surface area contributed by atoms with E-state index >= 15 is 0 Å². The molecule has 0 spiro atoms. The molecule has 5 nitrogen and oxygen atoms in total. The molecule has 34 heavy (non-hydrogen) atoms. The maximum atomic E-state index is 13.3. The molecule has 0 aliphatic carbocycles. The van der Waals surface area contributed by atoms with Crippen LogP contribution in [0.25, 0.3) is 10.4 Å². The van der Waals surface area contributed by atoms with Crippen molar-refractivity contribution in [3.63, 3.8) is 0 Å². The normalized spacial score (nSPS) is 14.1. The lowest BCUT2D eigenvalue weighted by atomic mass is 10.1. The van der Waals surface area contributed by atoms with Crippen LogP contribution in [0.5, 0.6) is 0 Å². The molecule has 1 fully saturated rings. The highest BCUT2D eigenvalue weighted by molar-refractivity contribution is 7.80. The van der Waals surface area contributed by atoms with Crippen LogP contribution in [0.3, 0.4) is 0 Å². The largest absolute Gasteiger partial charge is 0.462 e. The first-order chi connectivity index (χ1) is 16.4. The average Bonchev–Trinajstić information content (AvgIpc) is 3.26. The fourth-order valence-electron chi connectivity index (χ4n) is 3.77. The van der Waals surface area contributed by atoms with Gasteiger partial charge in [-0.1, -0.05) is 48.0 Å². The van der Waals surface area contributed by atoms with Crippen molar-refractivity contribution in [1.82, 2.24) is 9.80 Å². The number of nitrogens with zero attached hydrogens (tertiary/aromatic N) is 2. The molecule has 1 N–H and O–H groups in total. The number of nitrogens with one attached hydrogen (secondary N) is 1. The molecule has 3 aromatic rings. The lowest BCUT2D eigenvalue weighted by Crippen LogP contribution is -2.49. The number of ether oxygens (including phenoxy) is 1. The van der Waals surface area contributed by atoms with Gasteiger partial charge in [0.15, 0.2) is 5.11 Å². The Bertz CT molecular complexity index is 1160. The standard InChI is InChI=1S/C25H25ClFN3O2S2/c1-2-32-24(31)20-15-22(17-6-4-3-5-7-17)34-23(20)28-25(33)30-12-10-29(11-13-30)16-18-8-9-19(27)14-21(18)26/h3-9,14-15H,2,10-13,16H2,1H3,(H,28,33). The van der Waals surface area contributed by atoms with E-state index in [4.69, 9.17) is 28.6 Å². The molecule has 2 aromatic carbocycles. The molecule has 0 radical (unpaired) electrons. The molecule has 178 valence electrons. The number of carbonyl (C=O) groups excluding carboxylic acids is 1. The van der Waals surface area contributed by atoms with Crippen LogP contribution in [0.4, 0.5) is 9.39 Å². The fraction of sp³-hybridized carbons (Fsp3) is 0.280. The zero-order valence-electron chi connectivity index (χ0n) is 18.7. The van der Waals surface area contributed by atoms with Gasteiger partial charge in [0, 0.05) is 42.6 Å². The van der Waals surface area contributed by atoms with Crippen LogP contribution >= 0.6 is 35.2 Å². The summed E-state index contributed by atoms with van der Waals surface area (Å²) in [6.45, 7) is 5.80. The molecule has 2 heterocycles. The van der Waals surface area contributed by atoms with Crippen molar-refractivity contribution >= 4 is 51.2 Å². The fourth-order valence-corrected chi connectivity index (χ4v) is 5.39. The van der Waals surface area contributed by atoms with Gasteiger partial charge in [-0.3, -0.25) is 4.90 Å². The van der Waals surface area contributed by atoms with Crippen LogP contribution in [-0.2, 0) is 11.3 Å². The number of esters is 1. The SMILES string of the molecule is CCOC(=O)c1cc(-c2ccccc2)sc1NC(=S)N1CCN(Cc2ccc(F)cc2Cl)CC1. The van der Waals surface area contributed by atoms with E-state index in [0.717, 1.165) is 42.2 Å². The number of hydrogen-bond donors (Lipinski definition) is 1. The van der Waals surface area contributed by atoms with Crippen molar-refractivity contribution in [3.05, 3.63) is 76.6 Å². The number of rotatable bonds is 6. The number of anilines is 1. The number of hydrogen-bond acceptors (Lipinski definition) is 5. The second-order valence-corrected chi connectivity index (χ2v) is 9.72. The van der Waals surface area contributed by atoms with Crippen molar-refractivity contribution in [2.75, 3.05) is 38.1 Å². The molecule has 9 heteroatoms. The molecule has 0 bridgehead atoms. The van der Waals surface area contributed by atoms with Crippen LogP contribution in [0.2, 0.25) is 5.02 Å². The van der Waals surface area contributed by atoms with Gasteiger partial charge in [-0.05, 0) is 48.5 Å². The Morgan fingerprint density at radius 3 is 2.56 bits per heavy atom. The number of thiophene rings is 1. The smallest absolute Gasteiger partial charge is 0.341 e. The molecular weight excluding hydrogens is 493 g/mol. The lowest BCUT2D eigenvalue weighted by Gasteiger charge is -2.36. The number of benzene rings is 2. The summed E-state index contributed by atoms with van der Waals surface area (Å²) in [6, 6.07) is 16.3. The van der Waals surface area contributed by atoms with Gasteiger partial charge in [0.05, 0.1) is 12.2 Å². The van der Waals surface area contributed by atoms with Crippen LogP contribution in [0.1, 0.15) is 22.8 Å². The number of carbonyl (C=O) groups is 1. The summed E-state index contributed by atoms with van der Waals surface area (Å²) in [4.78, 5) is 17.9. The maximum Gasteiger partial charge on any atom is 0.341 e. The van der Waals surface area contributed by atoms with Gasteiger partial charge < -0.3 is 15.0 Å². The Labute approximate surface area is 213 Å². The summed E-state index contributed by atoms with van der Waals surface area (Å²) in [7, 11) is 0. The number of piperazine rings is 1. The van der Waals surface area contributed by atoms with Gasteiger partial charge in [0.1, 0.15) is 10.8 Å². The minimum atomic E-state index is -0.368. The van der Waals surface area contributed by atoms with E-state index in [1.165, 1.54) is 23.5 Å². The second-order valence-electron chi connectivity index (χ2n) is 7.87. The van der Waals surface area contributed by atoms with Crippen molar-refractivity contribution in [2.45, 2.75) is 13.5 Å². The summed E-state index contributed by atoms with van der Waals surface area (Å²) in [6.07, 6.45) is 0. The molecule has 0 atom stereocenters. The van der Waals surface area contributed by atoms with Crippen molar-refractivity contribution in [1.29, 1.82) is 0 Å². The van der Waals surface area contributed by atoms with Crippen molar-refractivity contribution in [3.8, 4) is 10.4 Å². The van der Waals surface area contributed by atoms with E-state index in [1.807, 2.05) is 36.4 Å². The highest BCUT2D eigenvalue weighted by Crippen LogP contribution is 2.36. The first kappa shape index (κ1) is 24.6. The summed E-state index contributed by atoms with van der Waals surface area (Å²) in [5, 5.41) is 4.98. The van der Waals surface area contributed by atoms with Crippen molar-refractivity contribution < 1.29 is 13.9 Å². The Morgan fingerprint density at radius 2 is 1.88 bits per heavy atom. The zero-order valence-corrected chi connectivity index (χ0v) is 21.1. The minimum absolute atomic E-state index is 0.305. The maximum absolute atomic E-state index is 13.3. The van der Waals surface area contributed by atoms with E-state index in [1.54, 1.807) is 13.0 Å². The molecule has 1 aliphatic heterocycles. The summed E-state index contributed by atoms with van der Waals surface area (Å²) in [5.41, 5.74) is 2.42. The Morgan fingerprint density at radius 1 is 1.15 bits per heavy atom. The van der Waals surface area contributed by atoms with E-state index < -0.39 is 0 Å². The van der Waals surface area contributed by atoms with Gasteiger partial charge in [-0.2, -0.15) is 0 Å². The quantitative estimate of drug-likeness (QED) is 0.324. The molecular formula is C25H25ClFN3O2S2. The Hall–Kier alpha value is -2.52. The zero-order chi connectivity index (χ0) is 24.1. The van der Waals surface area contributed by atoms with Crippen LogP contribution in [-0.4, -0.2) is 53.7 Å². The highest BCUT2D eigenvalue weighted by Gasteiger charge is 2.23. The first-order valence-corrected chi connectivity index (χ1v) is 12.6. The third kappa shape index (κ3) is 5.93. The predicted molar refractivity (Wildman–Crippen MR) is 140 cm³/mol. The molecule has 0 amide bonds. The third-order valence-electron chi connectivity index (χ3n) is 5.57. The molecule has 4 rings (SSSR count). The highest BCUT2D eigenvalue weighted by atomic mass is 35.5. The minimum Gasteiger partial charge on any atom is -0.462 e. The van der Waals surface area contributed by atoms with Gasteiger partial charge in [0.25, 0.3) is 0 Å². The second kappa shape index (κ2) is 11.3. The Kier molecular flexibility index (Phi) is 8.15. The van der Waals surface area contributed by atoms with Crippen LogP contribution in [0.15, 0.2) is 54.6 Å². The predicted octanol–water partition coefficient (Wildman–Crippen LogP) is 5.90. The lowest BCUT2D eigenvalue weighted by molar-refractivity contribution is 0.0528. The van der Waals surface area contributed by atoms with Gasteiger partial charge >= 0.3 is 5.97 Å². The summed E-state index contributed by atoms with van der Waals surface area (Å²) < 4.78 is 18.6. The summed E-state index contributed by atoms with van der Waals surface area (Å²) in [5.74, 6) is -0.701. The van der Waals surface area contributed by atoms with Crippen LogP contribution < -0.4 is 5.32 Å². The number of thiocarbonyl (C=S) groups is 1. The van der Waals surface area contributed by atoms with E-state index in [9.17, 15) is 9.18 Å².